The van der Waals surface area contributed by atoms with E-state index in [1.54, 1.807) is 0 Å². The fourth-order valence-electron chi connectivity index (χ4n) is 22.8. The van der Waals surface area contributed by atoms with Crippen LogP contribution in [0.2, 0.25) is 0 Å². The third kappa shape index (κ3) is 11.5. The van der Waals surface area contributed by atoms with Gasteiger partial charge in [-0.25, -0.2) is 19.9 Å². The molecule has 0 spiro atoms. The maximum absolute atomic E-state index is 6.35. The summed E-state index contributed by atoms with van der Waals surface area (Å²) in [6.07, 6.45) is 0. The lowest BCUT2D eigenvalue weighted by Crippen LogP contribution is -1.97. The van der Waals surface area contributed by atoms with Gasteiger partial charge in [0.1, 0.15) is 11.2 Å². The first-order valence-electron chi connectivity index (χ1n) is 46.8. The zero-order valence-electron chi connectivity index (χ0n) is 73.7. The van der Waals surface area contributed by atoms with Crippen molar-refractivity contribution in [2.24, 2.45) is 0 Å². The third-order valence-corrected chi connectivity index (χ3v) is 29.1. The Hall–Kier alpha value is -18.4. The van der Waals surface area contributed by atoms with Crippen LogP contribution in [0.25, 0.3) is 297 Å². The molecule has 0 atom stereocenters. The van der Waals surface area contributed by atoms with Crippen LogP contribution in [-0.2, 0) is 0 Å². The number of hydrogen-bond acceptors (Lipinski definition) is 5. The molecule has 0 saturated heterocycles. The molecule has 30 aromatic rings. The first-order chi connectivity index (χ1) is 67.8. The number of furan rings is 1. The molecular formula is C128H74N8O. The van der Waals surface area contributed by atoms with Crippen molar-refractivity contribution in [3.63, 3.8) is 0 Å². The summed E-state index contributed by atoms with van der Waals surface area (Å²) in [6.45, 7) is 0. The van der Waals surface area contributed by atoms with E-state index >= 15 is 0 Å². The normalized spacial score (nSPS) is 12.2. The zero-order valence-corrected chi connectivity index (χ0v) is 73.7. The Labute approximate surface area is 782 Å². The first kappa shape index (κ1) is 75.3. The van der Waals surface area contributed by atoms with Gasteiger partial charge < -0.3 is 22.7 Å². The van der Waals surface area contributed by atoms with E-state index < -0.39 is 0 Å². The van der Waals surface area contributed by atoms with Gasteiger partial charge in [0, 0.05) is 98.9 Å². The predicted octanol–water partition coefficient (Wildman–Crippen LogP) is 33.9. The monoisotopic (exact) mass is 1740 g/mol. The molecule has 0 amide bonds. The number of fused-ring (bicyclic) bond motifs is 26. The fraction of sp³-hybridized carbons (Fsp3) is 0. The molecule has 137 heavy (non-hydrogen) atoms. The highest BCUT2D eigenvalue weighted by Gasteiger charge is 2.28. The second-order valence-electron chi connectivity index (χ2n) is 36.7. The Morgan fingerprint density at radius 3 is 0.942 bits per heavy atom. The number of hydrogen-bond donors (Lipinski definition) is 0. The molecule has 7 heterocycles. The van der Waals surface area contributed by atoms with E-state index in [4.69, 9.17) is 24.4 Å². The van der Waals surface area contributed by atoms with E-state index in [1.807, 2.05) is 48.5 Å². The Balaban J connectivity index is 0.000000130. The number of benzene rings is 23. The number of aromatic nitrogens is 8. The zero-order chi connectivity index (χ0) is 89.3. The van der Waals surface area contributed by atoms with Crippen molar-refractivity contribution in [3.8, 4) is 90.0 Å². The second kappa shape index (κ2) is 29.0. The van der Waals surface area contributed by atoms with Gasteiger partial charge >= 0.3 is 0 Å². The summed E-state index contributed by atoms with van der Waals surface area (Å²) in [7, 11) is 0. The molecule has 9 heteroatoms. The molecule has 0 saturated carbocycles. The van der Waals surface area contributed by atoms with Gasteiger partial charge in [0.05, 0.1) is 89.0 Å². The minimum absolute atomic E-state index is 0.819. The van der Waals surface area contributed by atoms with Gasteiger partial charge in [-0.15, -0.1) is 0 Å². The van der Waals surface area contributed by atoms with Crippen molar-refractivity contribution in [1.29, 1.82) is 0 Å². The van der Waals surface area contributed by atoms with Crippen molar-refractivity contribution in [1.82, 2.24) is 38.2 Å². The lowest BCUT2D eigenvalue weighted by molar-refractivity contribution is 0.669. The Morgan fingerprint density at radius 1 is 0.153 bits per heavy atom. The van der Waals surface area contributed by atoms with Crippen molar-refractivity contribution in [2.75, 3.05) is 0 Å². The van der Waals surface area contributed by atoms with E-state index in [0.29, 0.717) is 0 Å². The molecular weight excluding hydrogens is 1670 g/mol. The topological polar surface area (TPSA) is 84.4 Å². The van der Waals surface area contributed by atoms with Crippen LogP contribution in [0.5, 0.6) is 0 Å². The lowest BCUT2D eigenvalue weighted by atomic mass is 9.94. The average molecular weight is 1740 g/mol. The summed E-state index contributed by atoms with van der Waals surface area (Å²) in [5.74, 6) is 0. The molecule has 0 radical (unpaired) electrons. The smallest absolute Gasteiger partial charge is 0.136 e. The van der Waals surface area contributed by atoms with E-state index in [-0.39, 0.29) is 0 Å². The molecule has 0 aliphatic heterocycles. The summed E-state index contributed by atoms with van der Waals surface area (Å²) in [5.41, 5.74) is 31.8. The molecule has 0 bridgehead atoms. The van der Waals surface area contributed by atoms with Crippen molar-refractivity contribution < 1.29 is 4.42 Å². The average Bonchev–Trinajstić information content (AvgIpc) is 1.60. The van der Waals surface area contributed by atoms with Crippen LogP contribution in [0.4, 0.5) is 0 Å². The molecule has 9 nitrogen and oxygen atoms in total. The standard InChI is InChI=1S/C66H38N4.C62H36N4O/c1-2-13-40-37-62-56(35-39(40)12-1)50-16-5-10-23-61(50)70(62)47-29-27-43-36-57-51-17-6-9-22-60(51)69(63(57)38-45(43)34-47)46-28-26-41-32-44(25-24-42(41)33-46)65-66(68-59-21-8-7-20-58(59)67-65)55-31-30-54-49-15-4-3-14-48(49)52-18-11-19-53(55)64(52)54;1-2-12-39-34-57-51(32-38(39)11-1)47-13-3-8-18-55(47)65(57)46-27-24-40-33-52-48-14-4-9-19-56(48)66(58(52)35-44(40)31-46)45-26-23-37-21-22-41(29-43(37)30-45)61-62(64-54-17-7-6-16-53(54)63-61)42-25-28-50-49-15-5-10-20-59(49)67-60(50)36-42/h1-38H;1-36H. The van der Waals surface area contributed by atoms with Gasteiger partial charge in [0.2, 0.25) is 0 Å². The first-order valence-corrected chi connectivity index (χ1v) is 46.8. The molecule has 23 aromatic carbocycles. The molecule has 1 aliphatic carbocycles. The highest BCUT2D eigenvalue weighted by molar-refractivity contribution is 6.22. The highest BCUT2D eigenvalue weighted by atomic mass is 16.3. The molecule has 31 rings (SSSR count). The van der Waals surface area contributed by atoms with Gasteiger partial charge in [0.15, 0.2) is 0 Å². The van der Waals surface area contributed by atoms with Crippen LogP contribution in [0, 0.1) is 0 Å². The maximum Gasteiger partial charge on any atom is 0.136 e. The Bertz CT molecular complexity index is 10500. The van der Waals surface area contributed by atoms with Gasteiger partial charge in [-0.2, -0.15) is 0 Å². The number of para-hydroxylation sites is 9. The van der Waals surface area contributed by atoms with Crippen LogP contribution in [0.3, 0.4) is 0 Å². The summed E-state index contributed by atoms with van der Waals surface area (Å²) < 4.78 is 16.1. The fourth-order valence-corrected chi connectivity index (χ4v) is 22.8. The van der Waals surface area contributed by atoms with Crippen LogP contribution in [-0.4, -0.2) is 38.2 Å². The van der Waals surface area contributed by atoms with Gasteiger partial charge in [-0.3, -0.25) is 0 Å². The van der Waals surface area contributed by atoms with Crippen LogP contribution >= 0.6 is 0 Å². The van der Waals surface area contributed by atoms with Gasteiger partial charge in [0.25, 0.3) is 0 Å². The largest absolute Gasteiger partial charge is 0.456 e. The SMILES string of the molecule is c1ccc2c(c1)-c1cccc3c(-c4nc5ccccc5nc4-c4ccc5cc(-n6c7ccccc7c7cc8ccc(-n9c%10ccccc%10c%10cc%11ccccc%11cc%109)cc8cc76)ccc5c4)ccc-2c13.c1ccc2cc3c(cc2c1)c1ccccc1n3-c1ccc2cc3c4ccccc4n(-c4ccc5ccc(-c6nc7ccccc7nc6-c6ccc7c(c6)oc6ccccc67)cc5c4)c3cc2c1. The molecule has 7 aromatic heterocycles. The Morgan fingerprint density at radius 2 is 0.453 bits per heavy atom. The van der Waals surface area contributed by atoms with E-state index in [2.05, 4.69) is 419 Å². The third-order valence-electron chi connectivity index (χ3n) is 29.1. The number of rotatable bonds is 8. The minimum Gasteiger partial charge on any atom is -0.456 e. The predicted molar refractivity (Wildman–Crippen MR) is 572 cm³/mol. The maximum atomic E-state index is 6.35. The molecule has 0 N–H and O–H groups in total. The highest BCUT2D eigenvalue weighted by Crippen LogP contribution is 2.52. The molecule has 632 valence electrons. The van der Waals surface area contributed by atoms with Crippen LogP contribution in [0.1, 0.15) is 0 Å². The lowest BCUT2D eigenvalue weighted by Gasteiger charge is -2.15. The molecule has 1 aliphatic rings. The summed E-state index contributed by atoms with van der Waals surface area (Å²) in [6, 6.07) is 163. The summed E-state index contributed by atoms with van der Waals surface area (Å²) in [4.78, 5) is 21.4. The van der Waals surface area contributed by atoms with Crippen molar-refractivity contribution >= 4 is 207 Å². The molecule has 0 unspecified atom stereocenters. The van der Waals surface area contributed by atoms with E-state index in [1.165, 1.54) is 163 Å². The van der Waals surface area contributed by atoms with Gasteiger partial charge in [-0.05, 0) is 274 Å². The summed E-state index contributed by atoms with van der Waals surface area (Å²) >= 11 is 0. The quantitative estimate of drug-likeness (QED) is 0.151. The van der Waals surface area contributed by atoms with Crippen LogP contribution in [0.15, 0.2) is 453 Å². The van der Waals surface area contributed by atoms with Crippen molar-refractivity contribution in [3.05, 3.63) is 449 Å². The summed E-state index contributed by atoms with van der Waals surface area (Å²) in [5, 5.41) is 29.0. The minimum atomic E-state index is 0.819. The number of nitrogens with zero attached hydrogens (tertiary/aromatic N) is 8. The van der Waals surface area contributed by atoms with E-state index in [0.717, 1.165) is 133 Å². The second-order valence-corrected chi connectivity index (χ2v) is 36.7. The molecule has 0 fully saturated rings. The van der Waals surface area contributed by atoms with E-state index in [9.17, 15) is 0 Å². The van der Waals surface area contributed by atoms with Crippen molar-refractivity contribution in [2.45, 2.75) is 0 Å². The van der Waals surface area contributed by atoms with Gasteiger partial charge in [-0.1, -0.05) is 273 Å². The van der Waals surface area contributed by atoms with Crippen LogP contribution < -0.4 is 0 Å². The Kier molecular flexibility index (Phi) is 15.9.